The molecule has 2 N–H and O–H groups in total. The fourth-order valence-corrected chi connectivity index (χ4v) is 3.68. The van der Waals surface area contributed by atoms with Crippen LogP contribution in [0.1, 0.15) is 42.9 Å². The molecule has 0 saturated carbocycles. The highest BCUT2D eigenvalue weighted by atomic mass is 16.2. The second-order valence-electron chi connectivity index (χ2n) is 8.21. The van der Waals surface area contributed by atoms with Crippen LogP contribution < -0.4 is 21.9 Å². The predicted molar refractivity (Wildman–Crippen MR) is 126 cm³/mol. The first kappa shape index (κ1) is 23.3. The van der Waals surface area contributed by atoms with Crippen LogP contribution in [0.3, 0.4) is 0 Å². The molecule has 0 aliphatic heterocycles. The normalized spacial score (nSPS) is 11.2. The molecule has 0 unspecified atom stereocenters. The third kappa shape index (κ3) is 4.76. The molecule has 0 bridgehead atoms. The number of carbonyl (C=O) groups is 1. The van der Waals surface area contributed by atoms with Gasteiger partial charge in [0.05, 0.1) is 6.54 Å². The Morgan fingerprint density at radius 1 is 1.09 bits per heavy atom. The first-order chi connectivity index (χ1) is 15.2. The van der Waals surface area contributed by atoms with E-state index in [4.69, 9.17) is 0 Å². The molecule has 0 atom stereocenters. The summed E-state index contributed by atoms with van der Waals surface area (Å²) in [4.78, 5) is 41.8. The quantitative estimate of drug-likeness (QED) is 0.494. The van der Waals surface area contributed by atoms with Gasteiger partial charge in [0.2, 0.25) is 11.9 Å². The first-order valence-electron chi connectivity index (χ1n) is 11.0. The van der Waals surface area contributed by atoms with Gasteiger partial charge in [-0.2, -0.15) is 4.98 Å². The molecular formula is C23H32N6O3. The molecule has 9 heteroatoms. The summed E-state index contributed by atoms with van der Waals surface area (Å²) in [5.41, 5.74) is 3.18. The molecule has 2 heterocycles. The van der Waals surface area contributed by atoms with Gasteiger partial charge >= 0.3 is 5.69 Å². The Hall–Kier alpha value is -3.36. The summed E-state index contributed by atoms with van der Waals surface area (Å²) in [5.74, 6) is 0.510. The maximum Gasteiger partial charge on any atom is 0.332 e. The Labute approximate surface area is 187 Å². The van der Waals surface area contributed by atoms with Crippen LogP contribution in [-0.2, 0) is 25.4 Å². The maximum absolute atomic E-state index is 13.0. The Kier molecular flexibility index (Phi) is 7.17. The molecule has 2 aromatic heterocycles. The topological polar surface area (TPSA) is 103 Å². The lowest BCUT2D eigenvalue weighted by atomic mass is 10.1. The third-order valence-electron chi connectivity index (χ3n) is 5.67. The number of nitrogens with one attached hydrogen (secondary N) is 2. The zero-order valence-electron chi connectivity index (χ0n) is 19.5. The van der Waals surface area contributed by atoms with Gasteiger partial charge in [-0.15, -0.1) is 0 Å². The van der Waals surface area contributed by atoms with Crippen molar-refractivity contribution in [3.05, 3.63) is 55.7 Å². The molecular weight excluding hydrogens is 408 g/mol. The number of imidazole rings is 1. The van der Waals surface area contributed by atoms with Gasteiger partial charge in [-0.1, -0.05) is 37.1 Å². The minimum Gasteiger partial charge on any atom is -0.354 e. The minimum absolute atomic E-state index is 0.0220. The summed E-state index contributed by atoms with van der Waals surface area (Å²) >= 11 is 0. The highest BCUT2D eigenvalue weighted by Crippen LogP contribution is 2.20. The molecule has 0 aliphatic rings. The van der Waals surface area contributed by atoms with Crippen LogP contribution in [0.25, 0.3) is 11.2 Å². The minimum atomic E-state index is -0.423. The predicted octanol–water partition coefficient (Wildman–Crippen LogP) is 1.82. The van der Waals surface area contributed by atoms with Crippen molar-refractivity contribution >= 4 is 23.0 Å². The van der Waals surface area contributed by atoms with Crippen LogP contribution >= 0.6 is 0 Å². The van der Waals surface area contributed by atoms with Crippen LogP contribution in [0.5, 0.6) is 0 Å². The largest absolute Gasteiger partial charge is 0.354 e. The Balaban J connectivity index is 1.97. The zero-order chi connectivity index (χ0) is 23.4. The van der Waals surface area contributed by atoms with Gasteiger partial charge in [0.1, 0.15) is 0 Å². The summed E-state index contributed by atoms with van der Waals surface area (Å²) in [6.07, 6.45) is 2.35. The fraction of sp³-hybridized carbons (Fsp3) is 0.478. The van der Waals surface area contributed by atoms with Crippen molar-refractivity contribution in [2.45, 2.75) is 46.6 Å². The summed E-state index contributed by atoms with van der Waals surface area (Å²) in [6.45, 7) is 7.42. The Bertz CT molecular complexity index is 1250. The van der Waals surface area contributed by atoms with E-state index >= 15 is 0 Å². The van der Waals surface area contributed by atoms with Gasteiger partial charge in [0.25, 0.3) is 5.56 Å². The van der Waals surface area contributed by atoms with Crippen LogP contribution in [0.15, 0.2) is 27.8 Å². The molecule has 32 heavy (non-hydrogen) atoms. The molecule has 172 valence electrons. The Morgan fingerprint density at radius 2 is 1.84 bits per heavy atom. The number of carbonyl (C=O) groups excluding carboxylic acids is 1. The van der Waals surface area contributed by atoms with E-state index in [1.165, 1.54) is 11.6 Å². The third-order valence-corrected chi connectivity index (χ3v) is 5.67. The van der Waals surface area contributed by atoms with E-state index in [-0.39, 0.29) is 11.5 Å². The van der Waals surface area contributed by atoms with Gasteiger partial charge in [-0.05, 0) is 31.4 Å². The van der Waals surface area contributed by atoms with Crippen molar-refractivity contribution in [2.75, 3.05) is 18.4 Å². The number of amides is 1. The number of aromatic nitrogens is 4. The summed E-state index contributed by atoms with van der Waals surface area (Å²) in [6, 6.07) is 6.19. The average Bonchev–Trinajstić information content (AvgIpc) is 3.13. The molecule has 9 nitrogen and oxygen atoms in total. The van der Waals surface area contributed by atoms with Crippen LogP contribution in [0.2, 0.25) is 0 Å². The summed E-state index contributed by atoms with van der Waals surface area (Å²) in [7, 11) is 3.08. The highest BCUT2D eigenvalue weighted by molar-refractivity contribution is 5.76. The van der Waals surface area contributed by atoms with Crippen LogP contribution in [0.4, 0.5) is 5.95 Å². The number of unbranched alkanes of at least 4 members (excludes halogenated alkanes) is 1. The number of fused-ring (bicyclic) bond motifs is 1. The number of rotatable bonds is 9. The van der Waals surface area contributed by atoms with Crippen molar-refractivity contribution in [3.63, 3.8) is 0 Å². The van der Waals surface area contributed by atoms with E-state index in [9.17, 15) is 14.4 Å². The number of benzene rings is 1. The molecule has 0 saturated heterocycles. The van der Waals surface area contributed by atoms with Crippen molar-refractivity contribution in [2.24, 2.45) is 14.1 Å². The van der Waals surface area contributed by atoms with E-state index in [0.717, 1.165) is 34.1 Å². The Morgan fingerprint density at radius 3 is 2.56 bits per heavy atom. The lowest BCUT2D eigenvalue weighted by Crippen LogP contribution is -2.37. The van der Waals surface area contributed by atoms with Crippen molar-refractivity contribution < 1.29 is 4.79 Å². The average molecular weight is 441 g/mol. The second-order valence-corrected chi connectivity index (χ2v) is 8.21. The van der Waals surface area contributed by atoms with Gasteiger partial charge in [-0.3, -0.25) is 23.3 Å². The molecule has 1 amide bonds. The summed E-state index contributed by atoms with van der Waals surface area (Å²) < 4.78 is 4.30. The number of aryl methyl sites for hydroxylation is 3. The lowest BCUT2D eigenvalue weighted by molar-refractivity contribution is -0.121. The molecule has 0 radical (unpaired) electrons. The zero-order valence-corrected chi connectivity index (χ0v) is 19.5. The van der Waals surface area contributed by atoms with Crippen LogP contribution in [-0.4, -0.2) is 37.7 Å². The van der Waals surface area contributed by atoms with E-state index in [2.05, 4.69) is 27.8 Å². The van der Waals surface area contributed by atoms with Crippen molar-refractivity contribution in [3.8, 4) is 0 Å². The second kappa shape index (κ2) is 9.84. The summed E-state index contributed by atoms with van der Waals surface area (Å²) in [5, 5.41) is 6.12. The molecule has 3 aromatic rings. The van der Waals surface area contributed by atoms with Gasteiger partial charge in [0, 0.05) is 33.6 Å². The monoisotopic (exact) mass is 440 g/mol. The van der Waals surface area contributed by atoms with Gasteiger partial charge < -0.3 is 10.6 Å². The number of hydrogen-bond acceptors (Lipinski definition) is 5. The smallest absolute Gasteiger partial charge is 0.332 e. The molecule has 0 fully saturated rings. The maximum atomic E-state index is 13.0. The van der Waals surface area contributed by atoms with Gasteiger partial charge in [-0.25, -0.2) is 4.79 Å². The van der Waals surface area contributed by atoms with E-state index in [1.54, 1.807) is 7.05 Å². The van der Waals surface area contributed by atoms with E-state index < -0.39 is 5.69 Å². The molecule has 1 aromatic carbocycles. The highest BCUT2D eigenvalue weighted by Gasteiger charge is 2.19. The van der Waals surface area contributed by atoms with Crippen molar-refractivity contribution in [1.82, 2.24) is 24.0 Å². The van der Waals surface area contributed by atoms with Crippen molar-refractivity contribution in [1.29, 1.82) is 0 Å². The molecule has 0 aliphatic carbocycles. The van der Waals surface area contributed by atoms with E-state index in [0.29, 0.717) is 43.2 Å². The number of hydrogen-bond donors (Lipinski definition) is 2. The first-order valence-corrected chi connectivity index (χ1v) is 11.0. The number of nitrogens with zero attached hydrogens (tertiary/aromatic N) is 4. The molecule has 0 spiro atoms. The number of anilines is 1. The molecule has 3 rings (SSSR count). The fourth-order valence-electron chi connectivity index (χ4n) is 3.68. The lowest BCUT2D eigenvalue weighted by Gasteiger charge is -2.13. The van der Waals surface area contributed by atoms with E-state index in [1.807, 2.05) is 31.4 Å². The standard InChI is InChI=1S/C23H32N6O3/c1-6-7-8-18(30)24-11-12-25-22-26-20-19(21(31)28(5)23(32)27(20)4)29(22)14-17-13-15(2)9-10-16(17)3/h9-10,13H,6-8,11-12,14H2,1-5H3,(H,24,30)(H,25,26). The SMILES string of the molecule is CCCCC(=O)NCCNc1nc2c(c(=O)n(C)c(=O)n2C)n1Cc1cc(C)ccc1C. The van der Waals surface area contributed by atoms with Gasteiger partial charge in [0.15, 0.2) is 11.2 Å². The van der Waals surface area contributed by atoms with Crippen LogP contribution in [0, 0.1) is 13.8 Å².